The minimum absolute atomic E-state index is 0.589. The van der Waals surface area contributed by atoms with Crippen LogP contribution in [-0.2, 0) is 0 Å². The van der Waals surface area contributed by atoms with Gasteiger partial charge in [-0.3, -0.25) is 9.13 Å². The van der Waals surface area contributed by atoms with Gasteiger partial charge in [0.05, 0.1) is 80.8 Å². The summed E-state index contributed by atoms with van der Waals surface area (Å²) < 4.78 is 21.7. The lowest BCUT2D eigenvalue weighted by atomic mass is 10.00. The van der Waals surface area contributed by atoms with Gasteiger partial charge in [0.15, 0.2) is 17.5 Å². The Bertz CT molecular complexity index is 6070. The molecule has 0 saturated carbocycles. The summed E-state index contributed by atoms with van der Waals surface area (Å²) in [7, 11) is 3.45. The van der Waals surface area contributed by atoms with Crippen LogP contribution >= 0.6 is 0 Å². The third-order valence-corrected chi connectivity index (χ3v) is 18.9. The van der Waals surface area contributed by atoms with Gasteiger partial charge in [-0.2, -0.15) is 0 Å². The van der Waals surface area contributed by atoms with Gasteiger partial charge < -0.3 is 23.6 Å². The maximum Gasteiger partial charge on any atom is 0.165 e. The molecule has 1 N–H and O–H groups in total. The van der Waals surface area contributed by atoms with Crippen molar-refractivity contribution in [3.63, 3.8) is 0 Å². The third-order valence-electron chi connectivity index (χ3n) is 18.9. The van der Waals surface area contributed by atoms with Crippen molar-refractivity contribution < 1.29 is 9.47 Å². The van der Waals surface area contributed by atoms with Crippen molar-refractivity contribution in [1.29, 1.82) is 0 Å². The molecule has 12 aromatic carbocycles. The second kappa shape index (κ2) is 20.5. The molecule has 7 aromatic heterocycles. The van der Waals surface area contributed by atoms with E-state index in [1.807, 2.05) is 12.1 Å². The summed E-state index contributed by atoms with van der Waals surface area (Å²) in [5.74, 6) is 3.51. The molecule has 10 nitrogen and oxygen atoms in total. The van der Waals surface area contributed by atoms with Gasteiger partial charge in [0, 0.05) is 76.1 Å². The fourth-order valence-electron chi connectivity index (χ4n) is 14.8. The summed E-state index contributed by atoms with van der Waals surface area (Å²) >= 11 is 0. The van der Waals surface area contributed by atoms with Crippen molar-refractivity contribution in [3.05, 3.63) is 285 Å². The summed E-state index contributed by atoms with van der Waals surface area (Å²) in [6, 6.07) is 102. The fraction of sp³-hybridized carbons (Fsp3) is 0.0241. The molecule has 0 amide bonds. The van der Waals surface area contributed by atoms with Crippen LogP contribution in [0.3, 0.4) is 0 Å². The molecular formula is C83H54N8O2. The molecule has 0 bridgehead atoms. The average molecular weight is 1200 g/mol. The van der Waals surface area contributed by atoms with Gasteiger partial charge in [-0.25, -0.2) is 15.0 Å². The highest BCUT2D eigenvalue weighted by atomic mass is 16.5. The predicted octanol–water partition coefficient (Wildman–Crippen LogP) is 20.6. The Morgan fingerprint density at radius 3 is 1.18 bits per heavy atom. The maximum absolute atomic E-state index is 6.57. The highest BCUT2D eigenvalue weighted by Crippen LogP contribution is 2.50. The van der Waals surface area contributed by atoms with Crippen LogP contribution in [0.5, 0.6) is 11.5 Å². The smallest absolute Gasteiger partial charge is 0.165 e. The number of rotatable bonds is 10. The second-order valence-electron chi connectivity index (χ2n) is 23.9. The highest BCUT2D eigenvalue weighted by molar-refractivity contribution is 6.18. The lowest BCUT2D eigenvalue weighted by Gasteiger charge is -2.26. The van der Waals surface area contributed by atoms with E-state index in [0.717, 1.165) is 165 Å². The molecule has 19 aromatic rings. The summed E-state index contributed by atoms with van der Waals surface area (Å²) in [5, 5.41) is 10.9. The Morgan fingerprint density at radius 2 is 0.699 bits per heavy atom. The molecule has 10 heteroatoms. The van der Waals surface area contributed by atoms with Gasteiger partial charge in [-0.1, -0.05) is 200 Å². The Labute approximate surface area is 532 Å². The monoisotopic (exact) mass is 1190 g/mol. The normalized spacial score (nSPS) is 12.0. The van der Waals surface area contributed by atoms with E-state index in [0.29, 0.717) is 23.2 Å². The van der Waals surface area contributed by atoms with Crippen molar-refractivity contribution in [3.8, 4) is 79.5 Å². The first-order valence-corrected chi connectivity index (χ1v) is 31.3. The van der Waals surface area contributed by atoms with E-state index in [1.54, 1.807) is 14.2 Å². The molecule has 0 spiro atoms. The lowest BCUT2D eigenvalue weighted by Crippen LogP contribution is -2.16. The predicted molar refractivity (Wildman–Crippen MR) is 381 cm³/mol. The minimum atomic E-state index is 0.589. The zero-order valence-electron chi connectivity index (χ0n) is 50.6. The first-order chi connectivity index (χ1) is 46.1. The standard InChI is InChI=1S/C83H54N8O2/c1-92-53-42-44-66-64(46-53)65-48-54(93-2)47-63(78(65)84-66)52-41-43-62-61-33-15-22-40-75(61)91(76(62)45-52)83-80(89-71-36-18-11-29-57(71)58-30-12-19-37-72(58)89)77(68-49-67(50-23-5-3-6-24-50)85-81(86-68)51-25-7-4-8-26-51)79(88-69-34-16-9-27-55(69)56-28-10-17-35-70(56)88)82(87-83)90-73-38-20-13-31-59(73)60-32-14-21-39-74(60)90/h3-49,84H,1-2H3. The van der Waals surface area contributed by atoms with Crippen LogP contribution in [0.25, 0.3) is 177 Å². The van der Waals surface area contributed by atoms with Gasteiger partial charge in [-0.05, 0) is 90.5 Å². The number of methoxy groups -OCH3 is 2. The van der Waals surface area contributed by atoms with E-state index in [9.17, 15) is 0 Å². The number of H-pyrrole nitrogens is 1. The van der Waals surface area contributed by atoms with Crippen LogP contribution in [0.1, 0.15) is 0 Å². The molecule has 0 atom stereocenters. The molecule has 93 heavy (non-hydrogen) atoms. The first-order valence-electron chi connectivity index (χ1n) is 31.3. The maximum atomic E-state index is 6.57. The molecule has 7 heterocycles. The summed E-state index contributed by atoms with van der Waals surface area (Å²) in [5.41, 5.74) is 17.8. The number of benzene rings is 12. The highest BCUT2D eigenvalue weighted by Gasteiger charge is 2.34. The summed E-state index contributed by atoms with van der Waals surface area (Å²) in [6.07, 6.45) is 0. The zero-order chi connectivity index (χ0) is 61.4. The van der Waals surface area contributed by atoms with Crippen LogP contribution < -0.4 is 9.47 Å². The van der Waals surface area contributed by atoms with E-state index in [4.69, 9.17) is 24.4 Å². The van der Waals surface area contributed by atoms with Gasteiger partial charge >= 0.3 is 0 Å². The number of ether oxygens (including phenoxy) is 2. The molecule has 0 saturated heterocycles. The fourth-order valence-corrected chi connectivity index (χ4v) is 14.8. The van der Waals surface area contributed by atoms with Crippen molar-refractivity contribution in [2.45, 2.75) is 0 Å². The van der Waals surface area contributed by atoms with Gasteiger partial charge in [0.25, 0.3) is 0 Å². The first kappa shape index (κ1) is 52.4. The van der Waals surface area contributed by atoms with Crippen molar-refractivity contribution in [1.82, 2.24) is 38.2 Å². The Hall–Kier alpha value is -12.5. The van der Waals surface area contributed by atoms with Crippen molar-refractivity contribution in [2.24, 2.45) is 0 Å². The van der Waals surface area contributed by atoms with E-state index in [1.165, 1.54) is 0 Å². The number of aromatic nitrogens is 8. The molecule has 0 fully saturated rings. The number of para-hydroxylation sites is 7. The molecule has 0 aliphatic rings. The van der Waals surface area contributed by atoms with E-state index < -0.39 is 0 Å². The molecular weight excluding hydrogens is 1140 g/mol. The Kier molecular flexibility index (Phi) is 11.6. The van der Waals surface area contributed by atoms with E-state index in [-0.39, 0.29) is 0 Å². The number of nitrogens with zero attached hydrogens (tertiary/aromatic N) is 7. The van der Waals surface area contributed by atoms with Crippen LogP contribution in [0, 0.1) is 0 Å². The number of fused-ring (bicyclic) bond motifs is 15. The van der Waals surface area contributed by atoms with Crippen molar-refractivity contribution >= 4 is 109 Å². The van der Waals surface area contributed by atoms with Gasteiger partial charge in [0.2, 0.25) is 0 Å². The zero-order valence-corrected chi connectivity index (χ0v) is 50.6. The number of nitrogens with one attached hydrogen (secondary N) is 1. The Balaban J connectivity index is 1.08. The van der Waals surface area contributed by atoms with E-state index >= 15 is 0 Å². The SMILES string of the molecule is COc1ccc2[nH]c3c(-c4ccc5c6ccccc6n(-c6nc(-n7c8ccccc8c8ccccc87)c(-n7c8ccccc8c8ccccc87)c(-c7cc(-c8ccccc8)nc(-c8ccccc8)n7)c6-n6c7ccccc7c7ccccc76)c5c4)cc(OC)cc3c2c1. The van der Waals surface area contributed by atoms with E-state index in [2.05, 4.69) is 296 Å². The number of hydrogen-bond acceptors (Lipinski definition) is 5. The quantitative estimate of drug-likeness (QED) is 0.147. The van der Waals surface area contributed by atoms with Gasteiger partial charge in [0.1, 0.15) is 22.9 Å². The summed E-state index contributed by atoms with van der Waals surface area (Å²) in [6.45, 7) is 0. The topological polar surface area (TPSA) is 92.6 Å². The molecule has 0 aliphatic carbocycles. The van der Waals surface area contributed by atoms with Crippen LogP contribution in [0.4, 0.5) is 0 Å². The van der Waals surface area contributed by atoms with Gasteiger partial charge in [-0.15, -0.1) is 0 Å². The second-order valence-corrected chi connectivity index (χ2v) is 23.9. The lowest BCUT2D eigenvalue weighted by molar-refractivity contribution is 0.415. The van der Waals surface area contributed by atoms with Crippen LogP contribution in [0.2, 0.25) is 0 Å². The largest absolute Gasteiger partial charge is 0.497 e. The number of aromatic amines is 1. The van der Waals surface area contributed by atoms with Crippen molar-refractivity contribution in [2.75, 3.05) is 14.2 Å². The van der Waals surface area contributed by atoms with Crippen LogP contribution in [0.15, 0.2) is 285 Å². The molecule has 19 rings (SSSR count). The molecule has 0 unspecified atom stereocenters. The number of hydrogen-bond donors (Lipinski definition) is 1. The third kappa shape index (κ3) is 7.85. The average Bonchev–Trinajstić information content (AvgIpc) is 1.65. The summed E-state index contributed by atoms with van der Waals surface area (Å²) in [4.78, 5) is 21.9. The Morgan fingerprint density at radius 1 is 0.290 bits per heavy atom. The molecule has 438 valence electrons. The molecule has 0 radical (unpaired) electrons. The molecule has 0 aliphatic heterocycles. The number of pyridine rings is 1. The minimum Gasteiger partial charge on any atom is -0.497 e. The van der Waals surface area contributed by atoms with Crippen LogP contribution in [-0.4, -0.2) is 52.4 Å².